The van der Waals surface area contributed by atoms with Crippen molar-refractivity contribution in [2.24, 2.45) is 0 Å². The fourth-order valence-electron chi connectivity index (χ4n) is 2.80. The molecule has 3 nitrogen and oxygen atoms in total. The SMILES string of the molecule is CCc1nc(C2Cc3ccccc3O2)sc1CNC1CC1. The van der Waals surface area contributed by atoms with Gasteiger partial charge in [0.1, 0.15) is 10.8 Å². The molecule has 1 atom stereocenters. The van der Waals surface area contributed by atoms with E-state index in [0.717, 1.165) is 36.2 Å². The number of nitrogens with one attached hydrogen (secondary N) is 1. The van der Waals surface area contributed by atoms with Gasteiger partial charge < -0.3 is 10.1 Å². The Morgan fingerprint density at radius 1 is 1.33 bits per heavy atom. The molecule has 0 saturated heterocycles. The molecule has 21 heavy (non-hydrogen) atoms. The number of hydrogen-bond donors (Lipinski definition) is 1. The van der Waals surface area contributed by atoms with Gasteiger partial charge in [-0.3, -0.25) is 0 Å². The Morgan fingerprint density at radius 2 is 2.19 bits per heavy atom. The van der Waals surface area contributed by atoms with Gasteiger partial charge in [0.25, 0.3) is 0 Å². The van der Waals surface area contributed by atoms with Crippen molar-refractivity contribution in [1.29, 1.82) is 0 Å². The maximum Gasteiger partial charge on any atom is 0.154 e. The minimum absolute atomic E-state index is 0.104. The Labute approximate surface area is 129 Å². The topological polar surface area (TPSA) is 34.1 Å². The van der Waals surface area contributed by atoms with E-state index < -0.39 is 0 Å². The normalized spacial score (nSPS) is 20.3. The average molecular weight is 300 g/mol. The maximum atomic E-state index is 6.07. The summed E-state index contributed by atoms with van der Waals surface area (Å²) in [7, 11) is 0. The van der Waals surface area contributed by atoms with Gasteiger partial charge >= 0.3 is 0 Å². The van der Waals surface area contributed by atoms with Gasteiger partial charge in [0.15, 0.2) is 6.10 Å². The monoisotopic (exact) mass is 300 g/mol. The Hall–Kier alpha value is -1.39. The van der Waals surface area contributed by atoms with Crippen LogP contribution in [0.25, 0.3) is 0 Å². The average Bonchev–Trinajstić information content (AvgIpc) is 3.09. The number of para-hydroxylation sites is 1. The smallest absolute Gasteiger partial charge is 0.154 e. The molecule has 1 aromatic carbocycles. The van der Waals surface area contributed by atoms with Gasteiger partial charge in [0.05, 0.1) is 5.69 Å². The van der Waals surface area contributed by atoms with E-state index in [1.165, 1.54) is 29.0 Å². The standard InChI is InChI=1S/C17H20N2OS/c1-2-13-16(10-18-12-7-8-12)21-17(19-13)15-9-11-5-3-4-6-14(11)20-15/h3-6,12,15,18H,2,7-10H2,1H3. The molecule has 0 spiro atoms. The van der Waals surface area contributed by atoms with Gasteiger partial charge in [-0.2, -0.15) is 0 Å². The van der Waals surface area contributed by atoms with E-state index >= 15 is 0 Å². The van der Waals surface area contributed by atoms with E-state index in [-0.39, 0.29) is 6.10 Å². The number of hydrogen-bond acceptors (Lipinski definition) is 4. The molecule has 0 radical (unpaired) electrons. The molecule has 4 rings (SSSR count). The van der Waals surface area contributed by atoms with Crippen LogP contribution in [-0.4, -0.2) is 11.0 Å². The van der Waals surface area contributed by atoms with Crippen molar-refractivity contribution in [2.75, 3.05) is 0 Å². The van der Waals surface area contributed by atoms with E-state index in [1.54, 1.807) is 0 Å². The molecule has 1 saturated carbocycles. The minimum atomic E-state index is 0.104. The predicted octanol–water partition coefficient (Wildman–Crippen LogP) is 3.63. The van der Waals surface area contributed by atoms with E-state index in [2.05, 4.69) is 30.4 Å². The Kier molecular flexibility index (Phi) is 3.43. The molecule has 1 aliphatic heterocycles. The molecule has 2 heterocycles. The lowest BCUT2D eigenvalue weighted by Crippen LogP contribution is -2.15. The van der Waals surface area contributed by atoms with Crippen LogP contribution in [0.3, 0.4) is 0 Å². The summed E-state index contributed by atoms with van der Waals surface area (Å²) in [5.41, 5.74) is 2.54. The van der Waals surface area contributed by atoms with Crippen LogP contribution in [0.1, 0.15) is 47.0 Å². The molecule has 1 N–H and O–H groups in total. The predicted molar refractivity (Wildman–Crippen MR) is 84.9 cm³/mol. The van der Waals surface area contributed by atoms with Crippen LogP contribution in [-0.2, 0) is 19.4 Å². The van der Waals surface area contributed by atoms with Gasteiger partial charge in [0.2, 0.25) is 0 Å². The number of aromatic nitrogens is 1. The van der Waals surface area contributed by atoms with E-state index in [4.69, 9.17) is 9.72 Å². The molecule has 2 aromatic rings. The number of benzene rings is 1. The first-order valence-electron chi connectivity index (χ1n) is 7.80. The van der Waals surface area contributed by atoms with Crippen molar-refractivity contribution in [3.8, 4) is 5.75 Å². The van der Waals surface area contributed by atoms with E-state index in [0.29, 0.717) is 0 Å². The van der Waals surface area contributed by atoms with Gasteiger partial charge in [-0.1, -0.05) is 25.1 Å². The molecule has 0 bridgehead atoms. The van der Waals surface area contributed by atoms with Crippen LogP contribution in [0.2, 0.25) is 0 Å². The largest absolute Gasteiger partial charge is 0.483 e. The van der Waals surface area contributed by atoms with Crippen LogP contribution in [0, 0.1) is 0 Å². The number of aryl methyl sites for hydroxylation is 1. The van der Waals surface area contributed by atoms with Crippen molar-refractivity contribution in [1.82, 2.24) is 10.3 Å². The fraction of sp³-hybridized carbons (Fsp3) is 0.471. The first-order valence-corrected chi connectivity index (χ1v) is 8.61. The second-order valence-electron chi connectivity index (χ2n) is 5.85. The molecular weight excluding hydrogens is 280 g/mol. The molecule has 0 amide bonds. The van der Waals surface area contributed by atoms with Gasteiger partial charge in [-0.25, -0.2) is 4.98 Å². The van der Waals surface area contributed by atoms with Crippen LogP contribution >= 0.6 is 11.3 Å². The van der Waals surface area contributed by atoms with Crippen molar-refractivity contribution < 1.29 is 4.74 Å². The van der Waals surface area contributed by atoms with E-state index in [1.807, 2.05) is 17.4 Å². The zero-order valence-corrected chi connectivity index (χ0v) is 13.1. The lowest BCUT2D eigenvalue weighted by Gasteiger charge is -2.06. The fourth-order valence-corrected chi connectivity index (χ4v) is 3.93. The zero-order valence-electron chi connectivity index (χ0n) is 12.3. The molecule has 1 aliphatic carbocycles. The molecule has 4 heteroatoms. The number of fused-ring (bicyclic) bond motifs is 1. The van der Waals surface area contributed by atoms with Crippen molar-refractivity contribution >= 4 is 11.3 Å². The lowest BCUT2D eigenvalue weighted by molar-refractivity contribution is 0.238. The Balaban J connectivity index is 1.52. The summed E-state index contributed by atoms with van der Waals surface area (Å²) < 4.78 is 6.07. The number of thiazole rings is 1. The second-order valence-corrected chi connectivity index (χ2v) is 6.96. The van der Waals surface area contributed by atoms with Gasteiger partial charge in [-0.05, 0) is 30.9 Å². The third-order valence-corrected chi connectivity index (χ3v) is 5.37. The zero-order chi connectivity index (χ0) is 14.2. The quantitative estimate of drug-likeness (QED) is 0.915. The molecule has 1 fully saturated rings. The summed E-state index contributed by atoms with van der Waals surface area (Å²) in [6.45, 7) is 3.15. The third kappa shape index (κ3) is 2.70. The Morgan fingerprint density at radius 3 is 2.95 bits per heavy atom. The highest BCUT2D eigenvalue weighted by atomic mass is 32.1. The summed E-state index contributed by atoms with van der Waals surface area (Å²) >= 11 is 1.82. The van der Waals surface area contributed by atoms with Crippen molar-refractivity contribution in [3.05, 3.63) is 45.4 Å². The molecule has 1 unspecified atom stereocenters. The highest BCUT2D eigenvalue weighted by Crippen LogP contribution is 2.38. The van der Waals surface area contributed by atoms with Crippen LogP contribution in [0.15, 0.2) is 24.3 Å². The summed E-state index contributed by atoms with van der Waals surface area (Å²) in [6.07, 6.45) is 4.70. The molecular formula is C17H20N2OS. The number of rotatable bonds is 5. The molecule has 2 aliphatic rings. The first-order chi connectivity index (χ1) is 10.3. The van der Waals surface area contributed by atoms with Crippen LogP contribution in [0.4, 0.5) is 0 Å². The number of nitrogens with zero attached hydrogens (tertiary/aromatic N) is 1. The highest BCUT2D eigenvalue weighted by molar-refractivity contribution is 7.11. The minimum Gasteiger partial charge on any atom is -0.483 e. The first kappa shape index (κ1) is 13.3. The van der Waals surface area contributed by atoms with Gasteiger partial charge in [-0.15, -0.1) is 11.3 Å². The van der Waals surface area contributed by atoms with Crippen molar-refractivity contribution in [2.45, 2.75) is 51.3 Å². The third-order valence-electron chi connectivity index (χ3n) is 4.18. The van der Waals surface area contributed by atoms with Gasteiger partial charge in [0, 0.05) is 23.9 Å². The van der Waals surface area contributed by atoms with Crippen LogP contribution < -0.4 is 10.1 Å². The molecule has 1 aromatic heterocycles. The van der Waals surface area contributed by atoms with Crippen LogP contribution in [0.5, 0.6) is 5.75 Å². The summed E-state index contributed by atoms with van der Waals surface area (Å²) in [6, 6.07) is 9.06. The number of ether oxygens (including phenoxy) is 1. The van der Waals surface area contributed by atoms with Crippen molar-refractivity contribution in [3.63, 3.8) is 0 Å². The second kappa shape index (κ2) is 5.43. The van der Waals surface area contributed by atoms with E-state index in [9.17, 15) is 0 Å². The molecule has 110 valence electrons. The Bertz CT molecular complexity index is 623. The summed E-state index contributed by atoms with van der Waals surface area (Å²) in [5, 5.41) is 4.73. The maximum absolute atomic E-state index is 6.07. The summed E-state index contributed by atoms with van der Waals surface area (Å²) in [5.74, 6) is 1.02. The highest BCUT2D eigenvalue weighted by Gasteiger charge is 2.28. The summed E-state index contributed by atoms with van der Waals surface area (Å²) in [4.78, 5) is 6.23. The lowest BCUT2D eigenvalue weighted by atomic mass is 10.1.